The fourth-order valence-corrected chi connectivity index (χ4v) is 4.41. The molecule has 0 spiro atoms. The Bertz CT molecular complexity index is 1520. The third-order valence-electron chi connectivity index (χ3n) is 7.13. The first kappa shape index (κ1) is 32.8. The maximum Gasteiger partial charge on any atom is 0.196 e. The van der Waals surface area contributed by atoms with Crippen LogP contribution < -0.4 is 9.47 Å². The van der Waals surface area contributed by atoms with Crippen LogP contribution in [0.1, 0.15) is 58.5 Å². The van der Waals surface area contributed by atoms with Gasteiger partial charge >= 0.3 is 0 Å². The number of carbonyl (C=O) groups excluding carboxylic acids is 2. The molecule has 0 fully saturated rings. The zero-order valence-corrected chi connectivity index (χ0v) is 25.6. The summed E-state index contributed by atoms with van der Waals surface area (Å²) in [5, 5.41) is 20.7. The van der Waals surface area contributed by atoms with Gasteiger partial charge in [-0.2, -0.15) is 0 Å². The van der Waals surface area contributed by atoms with Gasteiger partial charge in [0.05, 0.1) is 37.6 Å². The quantitative estimate of drug-likeness (QED) is 0.0765. The highest BCUT2D eigenvalue weighted by Gasteiger charge is 2.15. The van der Waals surface area contributed by atoms with Gasteiger partial charge in [0.15, 0.2) is 11.6 Å². The number of phenols is 2. The second kappa shape index (κ2) is 16.6. The Labute approximate surface area is 264 Å². The first-order valence-corrected chi connectivity index (χ1v) is 14.8. The largest absolute Gasteiger partial charge is 0.507 e. The van der Waals surface area contributed by atoms with Crippen LogP contribution in [0.25, 0.3) is 0 Å². The first-order chi connectivity index (χ1) is 21.8. The van der Waals surface area contributed by atoms with Gasteiger partial charge in [-0.1, -0.05) is 84.0 Å². The number of rotatable bonds is 16. The molecule has 4 rings (SSSR count). The van der Waals surface area contributed by atoms with E-state index >= 15 is 0 Å². The number of aromatic hydroxyl groups is 2. The van der Waals surface area contributed by atoms with Crippen molar-refractivity contribution in [2.45, 2.75) is 26.7 Å². The number of ether oxygens (including phenoxy) is 3. The van der Waals surface area contributed by atoms with Crippen LogP contribution in [0.3, 0.4) is 0 Å². The number of ketones is 2. The molecule has 0 radical (unpaired) electrons. The van der Waals surface area contributed by atoms with E-state index in [1.165, 1.54) is 12.1 Å². The molecule has 4 aromatic rings. The van der Waals surface area contributed by atoms with Gasteiger partial charge in [-0.25, -0.2) is 0 Å². The maximum absolute atomic E-state index is 12.6. The van der Waals surface area contributed by atoms with E-state index in [0.717, 1.165) is 11.1 Å². The molecular formula is C38H38O7. The Kier molecular flexibility index (Phi) is 12.1. The summed E-state index contributed by atoms with van der Waals surface area (Å²) in [6, 6.07) is 27.1. The van der Waals surface area contributed by atoms with E-state index in [2.05, 4.69) is 0 Å². The lowest BCUT2D eigenvalue weighted by atomic mass is 10.0. The fraction of sp³-hybridized carbons (Fsp3) is 0.211. The van der Waals surface area contributed by atoms with Crippen LogP contribution in [-0.2, 0) is 4.74 Å². The second-order valence-electron chi connectivity index (χ2n) is 10.6. The van der Waals surface area contributed by atoms with Crippen molar-refractivity contribution in [1.82, 2.24) is 0 Å². The number of hydrogen-bond acceptors (Lipinski definition) is 7. The molecule has 45 heavy (non-hydrogen) atoms. The summed E-state index contributed by atoms with van der Waals surface area (Å²) in [6.45, 7) is 5.80. The Morgan fingerprint density at radius 2 is 1.00 bits per heavy atom. The van der Waals surface area contributed by atoms with Crippen LogP contribution in [-0.4, -0.2) is 48.2 Å². The minimum Gasteiger partial charge on any atom is -0.507 e. The molecule has 7 heteroatoms. The van der Waals surface area contributed by atoms with Gasteiger partial charge in [0.2, 0.25) is 0 Å². The van der Waals surface area contributed by atoms with E-state index in [1.807, 2.05) is 38.1 Å². The molecule has 0 heterocycles. The molecule has 0 amide bonds. The summed E-state index contributed by atoms with van der Waals surface area (Å²) in [5.41, 5.74) is 3.74. The zero-order chi connectivity index (χ0) is 32.0. The van der Waals surface area contributed by atoms with Gasteiger partial charge in [-0.05, 0) is 38.1 Å². The lowest BCUT2D eigenvalue weighted by Crippen LogP contribution is -2.03. The Hall–Kier alpha value is -5.14. The van der Waals surface area contributed by atoms with Crippen LogP contribution in [0.5, 0.6) is 23.0 Å². The topological polar surface area (TPSA) is 102 Å². The van der Waals surface area contributed by atoms with Gasteiger partial charge in [0.1, 0.15) is 23.0 Å². The van der Waals surface area contributed by atoms with Crippen molar-refractivity contribution in [3.05, 3.63) is 143 Å². The molecule has 4 aromatic carbocycles. The second-order valence-corrected chi connectivity index (χ2v) is 10.6. The Balaban J connectivity index is 1.11. The average Bonchev–Trinajstić information content (AvgIpc) is 3.05. The number of hydrogen-bond donors (Lipinski definition) is 2. The minimum absolute atomic E-state index is 0.109. The monoisotopic (exact) mass is 606 g/mol. The third kappa shape index (κ3) is 9.95. The SMILES string of the molecule is CC(=CCOCC=C(C)CCOc1ccc(C(=O)c2ccccc2)c(O)c1)CCOc1ccc(C(=O)c2ccccc2)c(O)c1. The fourth-order valence-electron chi connectivity index (χ4n) is 4.41. The van der Waals surface area contributed by atoms with E-state index < -0.39 is 0 Å². The van der Waals surface area contributed by atoms with Crippen molar-refractivity contribution in [1.29, 1.82) is 0 Å². The molecule has 0 bridgehead atoms. The summed E-state index contributed by atoms with van der Waals surface area (Å²) in [5.74, 6) is 0.302. The van der Waals surface area contributed by atoms with Gasteiger partial charge in [-0.3, -0.25) is 9.59 Å². The minimum atomic E-state index is -0.238. The molecule has 2 N–H and O–H groups in total. The van der Waals surface area contributed by atoms with Crippen LogP contribution >= 0.6 is 0 Å². The average molecular weight is 607 g/mol. The van der Waals surface area contributed by atoms with Gasteiger partial charge in [-0.15, -0.1) is 0 Å². The summed E-state index contributed by atoms with van der Waals surface area (Å²) in [4.78, 5) is 25.2. The lowest BCUT2D eigenvalue weighted by Gasteiger charge is -2.10. The lowest BCUT2D eigenvalue weighted by molar-refractivity contribution is 0.102. The van der Waals surface area contributed by atoms with Crippen LogP contribution in [0, 0.1) is 0 Å². The van der Waals surface area contributed by atoms with Gasteiger partial charge in [0.25, 0.3) is 0 Å². The highest BCUT2D eigenvalue weighted by molar-refractivity contribution is 6.11. The van der Waals surface area contributed by atoms with Crippen LogP contribution in [0.15, 0.2) is 120 Å². The molecule has 0 saturated heterocycles. The normalized spacial score (nSPS) is 11.7. The molecular weight excluding hydrogens is 568 g/mol. The van der Waals surface area contributed by atoms with Crippen molar-refractivity contribution in [3.8, 4) is 23.0 Å². The molecule has 0 aliphatic carbocycles. The van der Waals surface area contributed by atoms with E-state index in [1.54, 1.807) is 72.8 Å². The molecule has 0 unspecified atom stereocenters. The number of phenolic OH excluding ortho intramolecular Hbond substituents is 2. The number of benzene rings is 4. The van der Waals surface area contributed by atoms with E-state index in [-0.39, 0.29) is 34.2 Å². The molecule has 0 aliphatic heterocycles. The third-order valence-corrected chi connectivity index (χ3v) is 7.13. The molecule has 0 atom stereocenters. The highest BCUT2D eigenvalue weighted by Crippen LogP contribution is 2.27. The van der Waals surface area contributed by atoms with E-state index in [4.69, 9.17) is 14.2 Å². The summed E-state index contributed by atoms with van der Waals surface area (Å²) >= 11 is 0. The molecule has 0 saturated carbocycles. The predicted octanol–water partition coefficient (Wildman–Crippen LogP) is 7.71. The molecule has 0 aromatic heterocycles. The van der Waals surface area contributed by atoms with Crippen molar-refractivity contribution in [2.24, 2.45) is 0 Å². The van der Waals surface area contributed by atoms with E-state index in [9.17, 15) is 19.8 Å². The molecule has 232 valence electrons. The zero-order valence-electron chi connectivity index (χ0n) is 25.6. The summed E-state index contributed by atoms with van der Waals surface area (Å²) in [6.07, 6.45) is 5.40. The van der Waals surface area contributed by atoms with Gasteiger partial charge < -0.3 is 24.4 Å². The summed E-state index contributed by atoms with van der Waals surface area (Å²) in [7, 11) is 0. The predicted molar refractivity (Wildman–Crippen MR) is 175 cm³/mol. The van der Waals surface area contributed by atoms with Crippen LogP contribution in [0.2, 0.25) is 0 Å². The van der Waals surface area contributed by atoms with Crippen LogP contribution in [0.4, 0.5) is 0 Å². The van der Waals surface area contributed by atoms with Crippen molar-refractivity contribution in [2.75, 3.05) is 26.4 Å². The standard InChI is InChI=1S/C38H38O7/c1-27(19-23-44-31-13-15-33(35(39)25-31)37(41)29-9-5-3-6-10-29)17-21-43-22-18-28(2)20-24-45-32-14-16-34(36(40)26-32)38(42)30-11-7-4-8-12-30/h3-18,25-26,39-40H,19-24H2,1-2H3. The Morgan fingerprint density at radius 3 is 1.38 bits per heavy atom. The highest BCUT2D eigenvalue weighted by atomic mass is 16.5. The van der Waals surface area contributed by atoms with Gasteiger partial charge in [0, 0.05) is 36.1 Å². The first-order valence-electron chi connectivity index (χ1n) is 14.8. The van der Waals surface area contributed by atoms with Crippen molar-refractivity contribution in [3.63, 3.8) is 0 Å². The maximum atomic E-state index is 12.6. The molecule has 7 nitrogen and oxygen atoms in total. The van der Waals surface area contributed by atoms with Crippen molar-refractivity contribution >= 4 is 11.6 Å². The Morgan fingerprint density at radius 1 is 0.600 bits per heavy atom. The smallest absolute Gasteiger partial charge is 0.196 e. The van der Waals surface area contributed by atoms with E-state index in [0.29, 0.717) is 61.9 Å². The van der Waals surface area contributed by atoms with Crippen molar-refractivity contribution < 1.29 is 34.0 Å². The number of carbonyl (C=O) groups is 2. The molecule has 0 aliphatic rings. The summed E-state index contributed by atoms with van der Waals surface area (Å²) < 4.78 is 17.2.